The summed E-state index contributed by atoms with van der Waals surface area (Å²) in [5.74, 6) is 6.54. The van der Waals surface area contributed by atoms with E-state index in [9.17, 15) is 4.79 Å². The zero-order chi connectivity index (χ0) is 10.7. The standard InChI is InChI=1S/C12H10O2S/c13-12(14)7-10-3-1-9(2-4-10)5-6-11-8-15-11/h1-4,11H,7-8H2,(H,13,14). The Morgan fingerprint density at radius 3 is 2.67 bits per heavy atom. The Bertz CT molecular complexity index is 421. The van der Waals surface area contributed by atoms with E-state index in [1.807, 2.05) is 36.0 Å². The third kappa shape index (κ3) is 3.34. The molecule has 0 radical (unpaired) electrons. The normalized spacial score (nSPS) is 17.7. The van der Waals surface area contributed by atoms with Crippen molar-refractivity contribution in [3.8, 4) is 11.8 Å². The quantitative estimate of drug-likeness (QED) is 0.607. The molecule has 3 heteroatoms. The predicted molar refractivity (Wildman–Crippen MR) is 60.9 cm³/mol. The molecule has 1 N–H and O–H groups in total. The number of thioether (sulfide) groups is 1. The summed E-state index contributed by atoms with van der Waals surface area (Å²) >= 11 is 1.85. The Morgan fingerprint density at radius 1 is 1.47 bits per heavy atom. The zero-order valence-electron chi connectivity index (χ0n) is 8.06. The molecule has 1 atom stereocenters. The molecule has 1 unspecified atom stereocenters. The van der Waals surface area contributed by atoms with Crippen LogP contribution in [0.25, 0.3) is 0 Å². The van der Waals surface area contributed by atoms with Crippen molar-refractivity contribution in [3.05, 3.63) is 35.4 Å². The van der Waals surface area contributed by atoms with E-state index in [-0.39, 0.29) is 6.42 Å². The highest BCUT2D eigenvalue weighted by Gasteiger charge is 2.18. The molecular formula is C12H10O2S. The SMILES string of the molecule is O=C(O)Cc1ccc(C#CC2CS2)cc1. The molecule has 1 aliphatic heterocycles. The molecule has 76 valence electrons. The van der Waals surface area contributed by atoms with Crippen molar-refractivity contribution < 1.29 is 9.90 Å². The van der Waals surface area contributed by atoms with Gasteiger partial charge in [0.15, 0.2) is 0 Å². The third-order valence-corrected chi connectivity index (χ3v) is 2.80. The number of carboxylic acid groups (broad SMARTS) is 1. The smallest absolute Gasteiger partial charge is 0.307 e. The maximum Gasteiger partial charge on any atom is 0.307 e. The first kappa shape index (κ1) is 10.1. The molecule has 1 aliphatic rings. The van der Waals surface area contributed by atoms with Gasteiger partial charge in [0, 0.05) is 11.3 Å². The van der Waals surface area contributed by atoms with Crippen molar-refractivity contribution >= 4 is 17.7 Å². The second-order valence-corrected chi connectivity index (χ2v) is 4.59. The molecule has 2 rings (SSSR count). The maximum absolute atomic E-state index is 10.4. The minimum atomic E-state index is -0.803. The van der Waals surface area contributed by atoms with E-state index in [1.165, 1.54) is 0 Å². The van der Waals surface area contributed by atoms with Crippen molar-refractivity contribution in [1.29, 1.82) is 0 Å². The average molecular weight is 218 g/mol. The lowest BCUT2D eigenvalue weighted by Crippen LogP contribution is -1.99. The van der Waals surface area contributed by atoms with Crippen LogP contribution in [0.15, 0.2) is 24.3 Å². The van der Waals surface area contributed by atoms with E-state index in [4.69, 9.17) is 5.11 Å². The first-order valence-corrected chi connectivity index (χ1v) is 5.73. The van der Waals surface area contributed by atoms with Crippen molar-refractivity contribution in [2.75, 3.05) is 5.75 Å². The Labute approximate surface area is 92.7 Å². The van der Waals surface area contributed by atoms with Crippen LogP contribution in [-0.4, -0.2) is 22.1 Å². The van der Waals surface area contributed by atoms with Gasteiger partial charge in [0.05, 0.1) is 11.7 Å². The molecule has 0 aromatic heterocycles. The van der Waals surface area contributed by atoms with Crippen molar-refractivity contribution in [1.82, 2.24) is 0 Å². The number of carboxylic acids is 1. The number of benzene rings is 1. The number of carbonyl (C=O) groups is 1. The molecule has 0 saturated carbocycles. The van der Waals surface area contributed by atoms with E-state index < -0.39 is 5.97 Å². The first-order chi connectivity index (χ1) is 7.24. The van der Waals surface area contributed by atoms with Gasteiger partial charge in [-0.1, -0.05) is 24.0 Å². The average Bonchev–Trinajstić information content (AvgIpc) is 2.99. The van der Waals surface area contributed by atoms with Gasteiger partial charge in [-0.2, -0.15) is 0 Å². The topological polar surface area (TPSA) is 37.3 Å². The zero-order valence-corrected chi connectivity index (χ0v) is 8.88. The van der Waals surface area contributed by atoms with Gasteiger partial charge in [-0.15, -0.1) is 11.8 Å². The summed E-state index contributed by atoms with van der Waals surface area (Å²) in [5, 5.41) is 9.11. The number of hydrogen-bond donors (Lipinski definition) is 1. The molecule has 0 amide bonds. The minimum Gasteiger partial charge on any atom is -0.481 e. The highest BCUT2D eigenvalue weighted by atomic mass is 32.2. The van der Waals surface area contributed by atoms with Crippen molar-refractivity contribution in [3.63, 3.8) is 0 Å². The largest absolute Gasteiger partial charge is 0.481 e. The third-order valence-electron chi connectivity index (χ3n) is 2.02. The van der Waals surface area contributed by atoms with E-state index in [0.717, 1.165) is 16.9 Å². The van der Waals surface area contributed by atoms with Crippen molar-refractivity contribution in [2.24, 2.45) is 0 Å². The molecule has 1 aromatic rings. The van der Waals surface area contributed by atoms with Crippen LogP contribution in [0.3, 0.4) is 0 Å². The molecule has 2 nitrogen and oxygen atoms in total. The molecule has 0 bridgehead atoms. The maximum atomic E-state index is 10.4. The molecule has 0 spiro atoms. The van der Waals surface area contributed by atoms with Gasteiger partial charge < -0.3 is 5.11 Å². The number of aliphatic carboxylic acids is 1. The fourth-order valence-corrected chi connectivity index (χ4v) is 1.50. The van der Waals surface area contributed by atoms with Gasteiger partial charge in [-0.3, -0.25) is 4.79 Å². The summed E-state index contributed by atoms with van der Waals surface area (Å²) in [6, 6.07) is 7.38. The Hall–Kier alpha value is -1.40. The van der Waals surface area contributed by atoms with Gasteiger partial charge in [0.1, 0.15) is 0 Å². The first-order valence-electron chi connectivity index (χ1n) is 4.68. The van der Waals surface area contributed by atoms with Gasteiger partial charge in [-0.25, -0.2) is 0 Å². The summed E-state index contributed by atoms with van der Waals surface area (Å²) in [6.07, 6.45) is 0.0756. The van der Waals surface area contributed by atoms with Gasteiger partial charge in [0.2, 0.25) is 0 Å². The van der Waals surface area contributed by atoms with Crippen LogP contribution in [0, 0.1) is 11.8 Å². The summed E-state index contributed by atoms with van der Waals surface area (Å²) in [4.78, 5) is 10.4. The van der Waals surface area contributed by atoms with Crippen LogP contribution >= 0.6 is 11.8 Å². The lowest BCUT2D eigenvalue weighted by Gasteiger charge is -1.96. The van der Waals surface area contributed by atoms with Crippen LogP contribution in [-0.2, 0) is 11.2 Å². The molecule has 0 aliphatic carbocycles. The van der Waals surface area contributed by atoms with Crippen LogP contribution < -0.4 is 0 Å². The molecule has 1 fully saturated rings. The van der Waals surface area contributed by atoms with E-state index in [0.29, 0.717) is 5.25 Å². The molecular weight excluding hydrogens is 208 g/mol. The van der Waals surface area contributed by atoms with Crippen LogP contribution in [0.5, 0.6) is 0 Å². The lowest BCUT2D eigenvalue weighted by molar-refractivity contribution is -0.136. The number of hydrogen-bond acceptors (Lipinski definition) is 2. The summed E-state index contributed by atoms with van der Waals surface area (Å²) < 4.78 is 0. The monoisotopic (exact) mass is 218 g/mol. The fraction of sp³-hybridized carbons (Fsp3) is 0.250. The molecule has 15 heavy (non-hydrogen) atoms. The molecule has 1 heterocycles. The Balaban J connectivity index is 2.03. The second kappa shape index (κ2) is 4.41. The second-order valence-electron chi connectivity index (χ2n) is 3.36. The van der Waals surface area contributed by atoms with Crippen LogP contribution in [0.1, 0.15) is 11.1 Å². The van der Waals surface area contributed by atoms with E-state index in [1.54, 1.807) is 0 Å². The van der Waals surface area contributed by atoms with E-state index in [2.05, 4.69) is 11.8 Å². The molecule has 1 aromatic carbocycles. The predicted octanol–water partition coefficient (Wildman–Crippen LogP) is 1.78. The summed E-state index contributed by atoms with van der Waals surface area (Å²) in [5.41, 5.74) is 1.77. The van der Waals surface area contributed by atoms with Gasteiger partial charge in [-0.05, 0) is 17.7 Å². The van der Waals surface area contributed by atoms with Crippen molar-refractivity contribution in [2.45, 2.75) is 11.7 Å². The van der Waals surface area contributed by atoms with E-state index >= 15 is 0 Å². The highest BCUT2D eigenvalue weighted by Crippen LogP contribution is 2.28. The Morgan fingerprint density at radius 2 is 2.13 bits per heavy atom. The van der Waals surface area contributed by atoms with Crippen LogP contribution in [0.2, 0.25) is 0 Å². The van der Waals surface area contributed by atoms with Crippen LogP contribution in [0.4, 0.5) is 0 Å². The highest BCUT2D eigenvalue weighted by molar-refractivity contribution is 8.07. The summed E-state index contributed by atoms with van der Waals surface area (Å²) in [7, 11) is 0. The van der Waals surface area contributed by atoms with Gasteiger partial charge in [0.25, 0.3) is 0 Å². The summed E-state index contributed by atoms with van der Waals surface area (Å²) in [6.45, 7) is 0. The van der Waals surface area contributed by atoms with Gasteiger partial charge >= 0.3 is 5.97 Å². The lowest BCUT2D eigenvalue weighted by atomic mass is 10.1. The number of rotatable bonds is 2. The fourth-order valence-electron chi connectivity index (χ4n) is 1.18. The molecule has 1 saturated heterocycles. The Kier molecular flexibility index (Phi) is 2.98. The minimum absolute atomic E-state index is 0.0756.